The smallest absolute Gasteiger partial charge is 0.143 e. The summed E-state index contributed by atoms with van der Waals surface area (Å²) >= 11 is 0. The van der Waals surface area contributed by atoms with E-state index in [2.05, 4.69) is 157 Å². The first kappa shape index (κ1) is 40.3. The van der Waals surface area contributed by atoms with Crippen LogP contribution in [0.3, 0.4) is 0 Å². The summed E-state index contributed by atoms with van der Waals surface area (Å²) in [6.07, 6.45) is 16.8. The first-order valence-corrected chi connectivity index (χ1v) is 19.2. The van der Waals surface area contributed by atoms with E-state index in [1.165, 1.54) is 44.5 Å². The molecule has 0 saturated carbocycles. The van der Waals surface area contributed by atoms with E-state index >= 15 is 0 Å². The molecular formula is C48H59N5O. The molecule has 5 heterocycles. The molecule has 4 aromatic heterocycles. The number of hydrogen-bond donors (Lipinski definition) is 0. The Kier molecular flexibility index (Phi) is 11.9. The number of aromatic nitrogens is 4. The van der Waals surface area contributed by atoms with Gasteiger partial charge >= 0.3 is 0 Å². The number of benzene rings is 1. The van der Waals surface area contributed by atoms with Gasteiger partial charge in [0.05, 0.1) is 28.3 Å². The van der Waals surface area contributed by atoms with Crippen molar-refractivity contribution in [2.24, 2.45) is 4.99 Å². The molecule has 0 N–H and O–H groups in total. The number of rotatable bonds is 0. The first-order valence-electron chi connectivity index (χ1n) is 19.2. The number of allylic oxidation sites excluding steroid dienone is 1. The number of para-hydroxylation sites is 1. The highest BCUT2D eigenvalue weighted by molar-refractivity contribution is 5.88. The van der Waals surface area contributed by atoms with Crippen LogP contribution < -0.4 is 0 Å². The van der Waals surface area contributed by atoms with E-state index in [1.807, 2.05) is 43.1 Å². The molecule has 5 aromatic rings. The maximum Gasteiger partial charge on any atom is 0.143 e. The third-order valence-corrected chi connectivity index (χ3v) is 9.94. The van der Waals surface area contributed by atoms with Gasteiger partial charge in [0.15, 0.2) is 0 Å². The van der Waals surface area contributed by atoms with Crippen molar-refractivity contribution >= 4 is 34.7 Å². The summed E-state index contributed by atoms with van der Waals surface area (Å²) in [4.78, 5) is 33.0. The molecule has 0 amide bonds. The summed E-state index contributed by atoms with van der Waals surface area (Å²) < 4.78 is 0. The largest absolute Gasteiger partial charge is 0.299 e. The quantitative estimate of drug-likeness (QED) is 0.159. The van der Waals surface area contributed by atoms with Gasteiger partial charge in [-0.15, -0.1) is 0 Å². The average Bonchev–Trinajstić information content (AvgIpc) is 3.86. The second kappa shape index (κ2) is 15.9. The van der Waals surface area contributed by atoms with Gasteiger partial charge in [0.1, 0.15) is 5.78 Å². The fourth-order valence-electron chi connectivity index (χ4n) is 7.21. The third kappa shape index (κ3) is 9.63. The maximum absolute atomic E-state index is 11.3. The van der Waals surface area contributed by atoms with Gasteiger partial charge in [-0.2, -0.15) is 0 Å². The number of ketones is 1. The summed E-state index contributed by atoms with van der Waals surface area (Å²) in [5, 5.41) is 1.27. The second-order valence-corrected chi connectivity index (χ2v) is 18.5. The topological polar surface area (TPSA) is 81.0 Å². The number of pyridine rings is 4. The summed E-state index contributed by atoms with van der Waals surface area (Å²) in [5.41, 5.74) is 14.0. The fourth-order valence-corrected chi connectivity index (χ4v) is 7.21. The zero-order chi connectivity index (χ0) is 39.5. The molecular weight excluding hydrogens is 663 g/mol. The van der Waals surface area contributed by atoms with Gasteiger partial charge in [-0.1, -0.05) is 113 Å². The average molecular weight is 722 g/mol. The zero-order valence-electron chi connectivity index (χ0n) is 34.6. The van der Waals surface area contributed by atoms with Crippen LogP contribution in [0.2, 0.25) is 0 Å². The SMILES string of the molecule is CC(C)(C)c1ccnc2c1C=CC2.CC(C)(C)c1ccnc2c1CC(=O)C2.CC(C)(C)c1ccnc2c1N=CC2.CC(C)(C)c1ccnc2ccccc12. The lowest BCUT2D eigenvalue weighted by atomic mass is 9.84. The Morgan fingerprint density at radius 1 is 0.519 bits per heavy atom. The van der Waals surface area contributed by atoms with Crippen molar-refractivity contribution < 1.29 is 4.79 Å². The van der Waals surface area contributed by atoms with E-state index in [1.54, 1.807) is 0 Å². The van der Waals surface area contributed by atoms with Gasteiger partial charge in [-0.3, -0.25) is 29.7 Å². The molecule has 2 aliphatic carbocycles. The van der Waals surface area contributed by atoms with Crippen molar-refractivity contribution in [3.05, 3.63) is 130 Å². The lowest BCUT2D eigenvalue weighted by Crippen LogP contribution is -2.14. The van der Waals surface area contributed by atoms with Crippen LogP contribution >= 0.6 is 0 Å². The van der Waals surface area contributed by atoms with Crippen LogP contribution in [0, 0.1) is 0 Å². The third-order valence-electron chi connectivity index (χ3n) is 9.94. The number of carbonyl (C=O) groups excluding carboxylic acids is 1. The summed E-state index contributed by atoms with van der Waals surface area (Å²) in [5.74, 6) is 0.296. The molecule has 0 atom stereocenters. The lowest BCUT2D eigenvalue weighted by molar-refractivity contribution is -0.117. The van der Waals surface area contributed by atoms with E-state index in [9.17, 15) is 4.79 Å². The molecule has 54 heavy (non-hydrogen) atoms. The predicted octanol–water partition coefficient (Wildman–Crippen LogP) is 11.2. The van der Waals surface area contributed by atoms with Gasteiger partial charge in [-0.25, -0.2) is 0 Å². The highest BCUT2D eigenvalue weighted by Crippen LogP contribution is 2.35. The molecule has 1 aromatic carbocycles. The lowest BCUT2D eigenvalue weighted by Gasteiger charge is -2.21. The van der Waals surface area contributed by atoms with E-state index in [0.29, 0.717) is 18.6 Å². The van der Waals surface area contributed by atoms with E-state index in [-0.39, 0.29) is 21.7 Å². The second-order valence-electron chi connectivity index (χ2n) is 18.5. The van der Waals surface area contributed by atoms with Crippen LogP contribution in [0.4, 0.5) is 5.69 Å². The monoisotopic (exact) mass is 721 g/mol. The minimum atomic E-state index is 0.109. The minimum Gasteiger partial charge on any atom is -0.299 e. The van der Waals surface area contributed by atoms with Crippen LogP contribution in [-0.4, -0.2) is 31.9 Å². The molecule has 0 saturated heterocycles. The Bertz CT molecular complexity index is 2100. The van der Waals surface area contributed by atoms with Crippen LogP contribution in [0.15, 0.2) is 84.4 Å². The predicted molar refractivity (Wildman–Crippen MR) is 226 cm³/mol. The summed E-state index contributed by atoms with van der Waals surface area (Å²) in [6, 6.07) is 16.7. The van der Waals surface area contributed by atoms with Crippen molar-refractivity contribution in [2.75, 3.05) is 0 Å². The van der Waals surface area contributed by atoms with Crippen molar-refractivity contribution in [1.82, 2.24) is 19.9 Å². The van der Waals surface area contributed by atoms with E-state index in [4.69, 9.17) is 0 Å². The normalized spacial score (nSPS) is 14.3. The van der Waals surface area contributed by atoms with E-state index < -0.39 is 0 Å². The molecule has 0 bridgehead atoms. The first-order chi connectivity index (χ1) is 25.2. The van der Waals surface area contributed by atoms with Crippen LogP contribution in [-0.2, 0) is 52.1 Å². The zero-order valence-corrected chi connectivity index (χ0v) is 34.6. The van der Waals surface area contributed by atoms with Crippen molar-refractivity contribution in [2.45, 2.75) is 130 Å². The summed E-state index contributed by atoms with van der Waals surface area (Å²) in [7, 11) is 0. The summed E-state index contributed by atoms with van der Waals surface area (Å²) in [6.45, 7) is 26.6. The number of hydrogen-bond acceptors (Lipinski definition) is 6. The Balaban J connectivity index is 0.000000139. The molecule has 0 spiro atoms. The molecule has 1 aliphatic heterocycles. The molecule has 0 unspecified atom stereocenters. The molecule has 8 rings (SSSR count). The number of aliphatic imine (C=N–C) groups is 1. The maximum atomic E-state index is 11.3. The highest BCUT2D eigenvalue weighted by Gasteiger charge is 2.27. The Morgan fingerprint density at radius 2 is 1.06 bits per heavy atom. The van der Waals surface area contributed by atoms with Gasteiger partial charge in [0, 0.05) is 62.1 Å². The van der Waals surface area contributed by atoms with Gasteiger partial charge in [-0.05, 0) is 85.4 Å². The number of fused-ring (bicyclic) bond motifs is 4. The molecule has 0 fully saturated rings. The van der Waals surface area contributed by atoms with Crippen LogP contribution in [0.5, 0.6) is 0 Å². The van der Waals surface area contributed by atoms with Crippen LogP contribution in [0.1, 0.15) is 134 Å². The highest BCUT2D eigenvalue weighted by atomic mass is 16.1. The molecule has 282 valence electrons. The Morgan fingerprint density at radius 3 is 1.70 bits per heavy atom. The number of nitrogens with zero attached hydrogens (tertiary/aromatic N) is 5. The van der Waals surface area contributed by atoms with E-state index in [0.717, 1.165) is 35.4 Å². The van der Waals surface area contributed by atoms with Crippen molar-refractivity contribution in [3.63, 3.8) is 0 Å². The number of carbonyl (C=O) groups is 1. The standard InChI is InChI=1S/C13H15N.C12H15NO.C12H15N.C11H14N2/c1-13(2,3)11-8-9-14-12-7-5-4-6-10(11)12;1-12(2,3)10-4-5-13-11-7-8(14)6-9(10)11;1-12(2,3)10-7-8-13-11-6-4-5-9(10)11;1-11(2,3)8-4-6-12-9-5-7-13-10(8)9/h4-9H,1-3H3;4-5H,6-7H2,1-3H3;4-5,7-8H,6H2,1-3H3;4,6-7H,5H2,1-3H3. The molecule has 3 aliphatic rings. The van der Waals surface area contributed by atoms with Crippen molar-refractivity contribution in [3.8, 4) is 0 Å². The van der Waals surface area contributed by atoms with Gasteiger partial charge in [0.2, 0.25) is 0 Å². The van der Waals surface area contributed by atoms with Crippen LogP contribution in [0.25, 0.3) is 17.0 Å². The number of Topliss-reactive ketones (excluding diaryl/α,β-unsaturated/α-hetero) is 1. The molecule has 6 nitrogen and oxygen atoms in total. The molecule has 6 heteroatoms. The van der Waals surface area contributed by atoms with Gasteiger partial charge in [0.25, 0.3) is 0 Å². The minimum absolute atomic E-state index is 0.109. The Labute approximate surface area is 323 Å². The van der Waals surface area contributed by atoms with Crippen molar-refractivity contribution in [1.29, 1.82) is 0 Å². The fraction of sp³-hybridized carbons (Fsp3) is 0.417. The van der Waals surface area contributed by atoms with Gasteiger partial charge < -0.3 is 0 Å². The Hall–Kier alpha value is -4.84. The molecule has 0 radical (unpaired) electrons.